The summed E-state index contributed by atoms with van der Waals surface area (Å²) in [6.45, 7) is 3.40. The summed E-state index contributed by atoms with van der Waals surface area (Å²) in [7, 11) is 0. The lowest BCUT2D eigenvalue weighted by molar-refractivity contribution is -0.892. The van der Waals surface area contributed by atoms with Crippen LogP contribution >= 0.6 is 0 Å². The van der Waals surface area contributed by atoms with Crippen LogP contribution in [0.4, 0.5) is 20.3 Å². The van der Waals surface area contributed by atoms with Crippen molar-refractivity contribution < 1.29 is 23.5 Å². The zero-order valence-electron chi connectivity index (χ0n) is 13.2. The van der Waals surface area contributed by atoms with Gasteiger partial charge in [-0.2, -0.15) is 0 Å². The third kappa shape index (κ3) is 3.86. The Kier molecular flexibility index (Phi) is 5.00. The number of quaternary nitrogens is 1. The third-order valence-electron chi connectivity index (χ3n) is 4.14. The molecular weight excluding hydrogens is 314 g/mol. The number of nitrogens with one attached hydrogen (secondary N) is 3. The average molecular weight is 334 g/mol. The maximum Gasteiger partial charge on any atom is 0.279 e. The highest BCUT2D eigenvalue weighted by atomic mass is 19.1. The van der Waals surface area contributed by atoms with Crippen LogP contribution in [-0.4, -0.2) is 38.6 Å². The fourth-order valence-corrected chi connectivity index (χ4v) is 2.85. The Morgan fingerprint density at radius 3 is 2.46 bits per heavy atom. The highest BCUT2D eigenvalue weighted by molar-refractivity contribution is 5.91. The number of amides is 1. The Hall–Kier alpha value is -2.54. The lowest BCUT2D eigenvalue weighted by Gasteiger charge is -2.27. The van der Waals surface area contributed by atoms with Crippen molar-refractivity contribution in [3.05, 3.63) is 54.2 Å². The molecule has 0 bridgehead atoms. The zero-order valence-corrected chi connectivity index (χ0v) is 13.2. The number of carbonyl (C=O) groups is 1. The quantitative estimate of drug-likeness (QED) is 0.835. The molecule has 1 aromatic carbocycles. The van der Waals surface area contributed by atoms with Crippen molar-refractivity contribution in [2.24, 2.45) is 0 Å². The molecule has 24 heavy (non-hydrogen) atoms. The highest BCUT2D eigenvalue weighted by Crippen LogP contribution is 2.17. The van der Waals surface area contributed by atoms with E-state index in [1.807, 2.05) is 24.4 Å². The normalized spacial score (nSPS) is 15.3. The molecule has 3 N–H and O–H groups in total. The summed E-state index contributed by atoms with van der Waals surface area (Å²) in [5, 5.41) is 2.34. The standard InChI is InChI=1S/C17H18F2N4O/c18-13-4-3-5-14(19)17(13)21-16(24)12-22-8-10-23(11-9-22)15-6-1-2-7-20-15/h1-7H,8-12H2,(H,21,24)/p+2. The number of H-pyrrole nitrogens is 1. The fourth-order valence-electron chi connectivity index (χ4n) is 2.85. The maximum absolute atomic E-state index is 13.6. The average Bonchev–Trinajstić information content (AvgIpc) is 2.60. The Balaban J connectivity index is 1.52. The summed E-state index contributed by atoms with van der Waals surface area (Å²) in [5.41, 5.74) is -0.376. The summed E-state index contributed by atoms with van der Waals surface area (Å²) in [6, 6.07) is 9.43. The lowest BCUT2D eigenvalue weighted by atomic mass is 10.2. The minimum atomic E-state index is -0.761. The fraction of sp³-hybridized carbons (Fsp3) is 0.294. The van der Waals surface area contributed by atoms with Gasteiger partial charge in [0.25, 0.3) is 11.7 Å². The third-order valence-corrected chi connectivity index (χ3v) is 4.14. The Morgan fingerprint density at radius 2 is 1.83 bits per heavy atom. The molecular formula is C17H20F2N4O+2. The molecule has 1 saturated heterocycles. The van der Waals surface area contributed by atoms with Crippen molar-refractivity contribution in [1.82, 2.24) is 0 Å². The van der Waals surface area contributed by atoms with Crippen molar-refractivity contribution in [3.63, 3.8) is 0 Å². The number of aromatic nitrogens is 1. The molecule has 0 unspecified atom stereocenters. The van der Waals surface area contributed by atoms with Crippen LogP contribution in [-0.2, 0) is 4.79 Å². The van der Waals surface area contributed by atoms with Crippen molar-refractivity contribution in [3.8, 4) is 0 Å². The van der Waals surface area contributed by atoms with Gasteiger partial charge in [-0.15, -0.1) is 0 Å². The number of halogens is 2. The lowest BCUT2D eigenvalue weighted by Crippen LogP contribution is -3.15. The first-order chi connectivity index (χ1) is 11.6. The van der Waals surface area contributed by atoms with Crippen LogP contribution in [0.2, 0.25) is 0 Å². The second-order valence-corrected chi connectivity index (χ2v) is 5.81. The molecule has 2 aromatic rings. The van der Waals surface area contributed by atoms with E-state index in [1.54, 1.807) is 0 Å². The second-order valence-electron chi connectivity index (χ2n) is 5.81. The van der Waals surface area contributed by atoms with Gasteiger partial charge in [-0.25, -0.2) is 13.8 Å². The van der Waals surface area contributed by atoms with Crippen LogP contribution < -0.4 is 20.1 Å². The van der Waals surface area contributed by atoms with Crippen molar-refractivity contribution >= 4 is 17.4 Å². The molecule has 1 amide bonds. The molecule has 0 spiro atoms. The summed E-state index contributed by atoms with van der Waals surface area (Å²) >= 11 is 0. The molecule has 1 aliphatic rings. The first-order valence-electron chi connectivity index (χ1n) is 7.92. The van der Waals surface area contributed by atoms with E-state index in [0.717, 1.165) is 49.0 Å². The van der Waals surface area contributed by atoms with Gasteiger partial charge in [0, 0.05) is 6.07 Å². The molecule has 126 valence electrons. The SMILES string of the molecule is O=C(C[NH+]1CCN(c2cccc[nH+]2)CC1)Nc1c(F)cccc1F. The highest BCUT2D eigenvalue weighted by Gasteiger charge is 2.27. The van der Waals surface area contributed by atoms with E-state index in [-0.39, 0.29) is 18.1 Å². The number of pyridine rings is 1. The van der Waals surface area contributed by atoms with E-state index in [4.69, 9.17) is 0 Å². The molecule has 0 aliphatic carbocycles. The zero-order chi connectivity index (χ0) is 16.9. The van der Waals surface area contributed by atoms with Gasteiger partial charge in [-0.1, -0.05) is 12.1 Å². The van der Waals surface area contributed by atoms with Crippen LogP contribution in [0, 0.1) is 11.6 Å². The van der Waals surface area contributed by atoms with Gasteiger partial charge in [0.2, 0.25) is 0 Å². The molecule has 1 aliphatic heterocycles. The van der Waals surface area contributed by atoms with Crippen LogP contribution in [0.3, 0.4) is 0 Å². The number of hydrogen-bond acceptors (Lipinski definition) is 2. The molecule has 2 heterocycles. The van der Waals surface area contributed by atoms with E-state index in [1.165, 1.54) is 6.07 Å². The number of benzene rings is 1. The number of nitrogens with zero attached hydrogens (tertiary/aromatic N) is 1. The number of rotatable bonds is 4. The predicted octanol–water partition coefficient (Wildman–Crippen LogP) is 0.123. The second kappa shape index (κ2) is 7.35. The van der Waals surface area contributed by atoms with E-state index >= 15 is 0 Å². The Bertz CT molecular complexity index is 683. The molecule has 0 atom stereocenters. The Morgan fingerprint density at radius 1 is 1.12 bits per heavy atom. The Labute approximate surface area is 138 Å². The first kappa shape index (κ1) is 16.3. The van der Waals surface area contributed by atoms with Crippen LogP contribution in [0.25, 0.3) is 0 Å². The van der Waals surface area contributed by atoms with Gasteiger partial charge < -0.3 is 10.2 Å². The number of carbonyl (C=O) groups excluding carboxylic acids is 1. The van der Waals surface area contributed by atoms with E-state index in [9.17, 15) is 13.6 Å². The minimum absolute atomic E-state index is 0.195. The molecule has 5 nitrogen and oxygen atoms in total. The van der Waals surface area contributed by atoms with Crippen molar-refractivity contribution in [2.45, 2.75) is 0 Å². The number of hydrogen-bond donors (Lipinski definition) is 2. The molecule has 0 radical (unpaired) electrons. The van der Waals surface area contributed by atoms with Crippen LogP contribution in [0.1, 0.15) is 0 Å². The number of aromatic amines is 1. The molecule has 1 fully saturated rings. The van der Waals surface area contributed by atoms with Gasteiger partial charge in [-0.05, 0) is 18.2 Å². The molecule has 0 saturated carbocycles. The predicted molar refractivity (Wildman–Crippen MR) is 85.8 cm³/mol. The first-order valence-corrected chi connectivity index (χ1v) is 7.92. The van der Waals surface area contributed by atoms with Gasteiger partial charge in [0.05, 0.1) is 6.20 Å². The smallest absolute Gasteiger partial charge is 0.279 e. The van der Waals surface area contributed by atoms with Crippen LogP contribution in [0.15, 0.2) is 42.6 Å². The van der Waals surface area contributed by atoms with Crippen molar-refractivity contribution in [2.75, 3.05) is 42.9 Å². The summed E-state index contributed by atoms with van der Waals surface area (Å²) < 4.78 is 27.1. The topological polar surface area (TPSA) is 50.9 Å². The summed E-state index contributed by atoms with van der Waals surface area (Å²) in [4.78, 5) is 18.6. The van der Waals surface area contributed by atoms with E-state index < -0.39 is 11.6 Å². The number of para-hydroxylation sites is 1. The van der Waals surface area contributed by atoms with Gasteiger partial charge in [0.1, 0.15) is 43.5 Å². The van der Waals surface area contributed by atoms with Gasteiger partial charge in [0.15, 0.2) is 6.54 Å². The molecule has 7 heteroatoms. The van der Waals surface area contributed by atoms with Gasteiger partial charge >= 0.3 is 0 Å². The monoisotopic (exact) mass is 334 g/mol. The largest absolute Gasteiger partial charge is 0.321 e. The molecule has 1 aromatic heterocycles. The summed E-state index contributed by atoms with van der Waals surface area (Å²) in [6.07, 6.45) is 1.88. The molecule has 3 rings (SSSR count). The van der Waals surface area contributed by atoms with E-state index in [0.29, 0.717) is 0 Å². The van der Waals surface area contributed by atoms with Crippen LogP contribution in [0.5, 0.6) is 0 Å². The maximum atomic E-state index is 13.6. The summed E-state index contributed by atoms with van der Waals surface area (Å²) in [5.74, 6) is -0.853. The van der Waals surface area contributed by atoms with Gasteiger partial charge in [-0.3, -0.25) is 9.69 Å². The number of anilines is 2. The minimum Gasteiger partial charge on any atom is -0.321 e. The number of piperazine rings is 1. The van der Waals surface area contributed by atoms with Crippen molar-refractivity contribution in [1.29, 1.82) is 0 Å². The van der Waals surface area contributed by atoms with E-state index in [2.05, 4.69) is 15.2 Å².